The van der Waals surface area contributed by atoms with Gasteiger partial charge in [-0.2, -0.15) is 5.26 Å². The van der Waals surface area contributed by atoms with Crippen molar-refractivity contribution in [3.05, 3.63) is 65.7 Å². The maximum atomic E-state index is 13.7. The molecule has 1 saturated carbocycles. The van der Waals surface area contributed by atoms with E-state index in [4.69, 9.17) is 10.00 Å². The molecule has 0 radical (unpaired) electrons. The molecule has 1 heterocycles. The summed E-state index contributed by atoms with van der Waals surface area (Å²) in [5.41, 5.74) is 2.32. The van der Waals surface area contributed by atoms with Crippen molar-refractivity contribution in [1.29, 1.82) is 5.26 Å². The van der Waals surface area contributed by atoms with Crippen molar-refractivity contribution in [2.75, 3.05) is 34.3 Å². The fourth-order valence-corrected chi connectivity index (χ4v) is 6.06. The third-order valence-corrected chi connectivity index (χ3v) is 8.19. The molecule has 0 aromatic heterocycles. The molecule has 1 aliphatic carbocycles. The largest absolute Gasteiger partial charge is 0.497 e. The van der Waals surface area contributed by atoms with Gasteiger partial charge in [-0.1, -0.05) is 42.5 Å². The van der Waals surface area contributed by atoms with Crippen LogP contribution in [0.1, 0.15) is 56.1 Å². The summed E-state index contributed by atoms with van der Waals surface area (Å²) in [6, 6.07) is 21.2. The summed E-state index contributed by atoms with van der Waals surface area (Å²) in [6.45, 7) is 2.09. The van der Waals surface area contributed by atoms with Gasteiger partial charge in [-0.05, 0) is 75.9 Å². The molecule has 4 rings (SSSR count). The normalized spacial score (nSPS) is 24.3. The summed E-state index contributed by atoms with van der Waals surface area (Å²) in [6.07, 6.45) is 6.23. The predicted molar refractivity (Wildman–Crippen MR) is 138 cm³/mol. The SMILES string of the molecule is COc1ccc(CN2CC3(CCC(c4ccccc4)(N(C)C)CC3)N(CCCCC#N)C2=O)cc1. The first kappa shape index (κ1) is 25.1. The number of rotatable bonds is 9. The summed E-state index contributed by atoms with van der Waals surface area (Å²) >= 11 is 0. The molecule has 2 aromatic rings. The average Bonchev–Trinajstić information content (AvgIpc) is 3.13. The van der Waals surface area contributed by atoms with Gasteiger partial charge in [0.15, 0.2) is 0 Å². The van der Waals surface area contributed by atoms with Crippen LogP contribution in [-0.2, 0) is 12.1 Å². The second-order valence-corrected chi connectivity index (χ2v) is 10.3. The number of amides is 2. The van der Waals surface area contributed by atoms with Crippen molar-refractivity contribution in [2.45, 2.75) is 62.6 Å². The second kappa shape index (κ2) is 10.7. The lowest BCUT2D eigenvalue weighted by molar-refractivity contribution is 0.0241. The topological polar surface area (TPSA) is 59.8 Å². The molecule has 186 valence electrons. The van der Waals surface area contributed by atoms with Gasteiger partial charge >= 0.3 is 6.03 Å². The van der Waals surface area contributed by atoms with Crippen LogP contribution >= 0.6 is 0 Å². The monoisotopic (exact) mass is 474 g/mol. The number of carbonyl (C=O) groups is 1. The summed E-state index contributed by atoms with van der Waals surface area (Å²) in [4.78, 5) is 20.2. The highest BCUT2D eigenvalue weighted by Crippen LogP contribution is 2.49. The van der Waals surface area contributed by atoms with Crippen LogP contribution in [0.2, 0.25) is 0 Å². The number of hydrogen-bond donors (Lipinski definition) is 0. The maximum absolute atomic E-state index is 13.7. The van der Waals surface area contributed by atoms with Gasteiger partial charge in [0, 0.05) is 31.6 Å². The zero-order chi connectivity index (χ0) is 24.9. The minimum absolute atomic E-state index is 0.00849. The standard InChI is InChI=1S/C29H38N4O2/c1-31(2)29(25-10-6-4-7-11-25)18-16-28(17-19-29)23-32(22-24-12-14-26(35-3)15-13-24)27(34)33(28)21-9-5-8-20-30/h4,6-7,10-15H,5,8-9,16-19,21-23H2,1-3H3. The van der Waals surface area contributed by atoms with Crippen LogP contribution in [0.15, 0.2) is 54.6 Å². The number of urea groups is 1. The van der Waals surface area contributed by atoms with Crippen LogP contribution in [-0.4, -0.2) is 60.6 Å². The van der Waals surface area contributed by atoms with Crippen LogP contribution < -0.4 is 4.74 Å². The molecule has 2 aliphatic rings. The summed E-state index contributed by atoms with van der Waals surface area (Å²) in [5, 5.41) is 8.96. The third kappa shape index (κ3) is 5.01. The number of unbranched alkanes of at least 4 members (excludes halogenated alkanes) is 2. The fraction of sp³-hybridized carbons (Fsp3) is 0.517. The Morgan fingerprint density at radius 2 is 1.69 bits per heavy atom. The molecule has 0 bridgehead atoms. The molecule has 1 aliphatic heterocycles. The maximum Gasteiger partial charge on any atom is 0.320 e. The smallest absolute Gasteiger partial charge is 0.320 e. The molecule has 1 saturated heterocycles. The Balaban J connectivity index is 1.55. The van der Waals surface area contributed by atoms with Gasteiger partial charge in [-0.25, -0.2) is 4.79 Å². The van der Waals surface area contributed by atoms with Gasteiger partial charge in [-0.3, -0.25) is 4.90 Å². The van der Waals surface area contributed by atoms with E-state index in [0.29, 0.717) is 13.0 Å². The Hall–Kier alpha value is -3.04. The van der Waals surface area contributed by atoms with Gasteiger partial charge in [0.2, 0.25) is 0 Å². The highest BCUT2D eigenvalue weighted by atomic mass is 16.5. The van der Waals surface area contributed by atoms with E-state index >= 15 is 0 Å². The Morgan fingerprint density at radius 3 is 2.29 bits per heavy atom. The zero-order valence-electron chi connectivity index (χ0n) is 21.4. The van der Waals surface area contributed by atoms with Crippen molar-refractivity contribution >= 4 is 6.03 Å². The van der Waals surface area contributed by atoms with E-state index in [1.807, 2.05) is 29.2 Å². The van der Waals surface area contributed by atoms with Crippen LogP contribution in [0.5, 0.6) is 5.75 Å². The molecule has 6 nitrogen and oxygen atoms in total. The minimum Gasteiger partial charge on any atom is -0.497 e. The molecule has 1 spiro atoms. The molecule has 0 atom stereocenters. The molecule has 0 unspecified atom stereocenters. The highest BCUT2D eigenvalue weighted by Gasteiger charge is 2.54. The van der Waals surface area contributed by atoms with E-state index in [2.05, 4.69) is 60.3 Å². The van der Waals surface area contributed by atoms with Crippen molar-refractivity contribution in [1.82, 2.24) is 14.7 Å². The lowest BCUT2D eigenvalue weighted by Gasteiger charge is -2.51. The summed E-state index contributed by atoms with van der Waals surface area (Å²) in [5.74, 6) is 0.824. The van der Waals surface area contributed by atoms with Gasteiger partial charge in [-0.15, -0.1) is 0 Å². The van der Waals surface area contributed by atoms with E-state index in [0.717, 1.165) is 62.9 Å². The van der Waals surface area contributed by atoms with Gasteiger partial charge in [0.25, 0.3) is 0 Å². The molecule has 35 heavy (non-hydrogen) atoms. The number of benzene rings is 2. The first-order valence-corrected chi connectivity index (χ1v) is 12.7. The first-order valence-electron chi connectivity index (χ1n) is 12.7. The van der Waals surface area contributed by atoms with Crippen LogP contribution in [0.4, 0.5) is 4.79 Å². The van der Waals surface area contributed by atoms with E-state index in [-0.39, 0.29) is 17.1 Å². The van der Waals surface area contributed by atoms with E-state index < -0.39 is 0 Å². The zero-order valence-corrected chi connectivity index (χ0v) is 21.4. The first-order chi connectivity index (χ1) is 16.9. The lowest BCUT2D eigenvalue weighted by Crippen LogP contribution is -2.55. The van der Waals surface area contributed by atoms with Crippen LogP contribution in [0.25, 0.3) is 0 Å². The molecule has 2 aromatic carbocycles. The van der Waals surface area contributed by atoms with Gasteiger partial charge in [0.05, 0.1) is 18.7 Å². The van der Waals surface area contributed by atoms with E-state index in [1.165, 1.54) is 5.56 Å². The number of nitriles is 1. The average molecular weight is 475 g/mol. The van der Waals surface area contributed by atoms with E-state index in [9.17, 15) is 4.79 Å². The Morgan fingerprint density at radius 1 is 1.00 bits per heavy atom. The Labute approximate surface area is 210 Å². The molecule has 2 amide bonds. The third-order valence-electron chi connectivity index (χ3n) is 8.19. The number of methoxy groups -OCH3 is 1. The fourth-order valence-electron chi connectivity index (χ4n) is 6.06. The van der Waals surface area contributed by atoms with Gasteiger partial charge in [0.1, 0.15) is 5.75 Å². The lowest BCUT2D eigenvalue weighted by atomic mass is 9.68. The molecule has 0 N–H and O–H groups in total. The molecular formula is C29H38N4O2. The van der Waals surface area contributed by atoms with Crippen LogP contribution in [0, 0.1) is 11.3 Å². The van der Waals surface area contributed by atoms with Crippen LogP contribution in [0.3, 0.4) is 0 Å². The molecule has 2 fully saturated rings. The van der Waals surface area contributed by atoms with Crippen molar-refractivity contribution < 1.29 is 9.53 Å². The minimum atomic E-state index is -0.148. The predicted octanol–water partition coefficient (Wildman–Crippen LogP) is 5.40. The Bertz CT molecular complexity index is 1020. The van der Waals surface area contributed by atoms with Crippen molar-refractivity contribution in [2.24, 2.45) is 0 Å². The molecular weight excluding hydrogens is 436 g/mol. The molecule has 6 heteroatoms. The number of carbonyl (C=O) groups excluding carboxylic acids is 1. The quantitative estimate of drug-likeness (QED) is 0.457. The number of ether oxygens (including phenoxy) is 1. The van der Waals surface area contributed by atoms with E-state index in [1.54, 1.807) is 7.11 Å². The van der Waals surface area contributed by atoms with Crippen molar-refractivity contribution in [3.8, 4) is 11.8 Å². The Kier molecular flexibility index (Phi) is 7.66. The summed E-state index contributed by atoms with van der Waals surface area (Å²) < 4.78 is 5.29. The van der Waals surface area contributed by atoms with Gasteiger partial charge < -0.3 is 14.5 Å². The summed E-state index contributed by atoms with van der Waals surface area (Å²) in [7, 11) is 6.03. The number of nitrogens with zero attached hydrogens (tertiary/aromatic N) is 4. The van der Waals surface area contributed by atoms with Crippen molar-refractivity contribution in [3.63, 3.8) is 0 Å². The highest BCUT2D eigenvalue weighted by molar-refractivity contribution is 5.78. The second-order valence-electron chi connectivity index (χ2n) is 10.3. The number of hydrogen-bond acceptors (Lipinski definition) is 4.